The highest BCUT2D eigenvalue weighted by molar-refractivity contribution is 5.14. The maximum absolute atomic E-state index is 6.21. The van der Waals surface area contributed by atoms with Gasteiger partial charge in [0.1, 0.15) is 0 Å². The van der Waals surface area contributed by atoms with Gasteiger partial charge in [-0.05, 0) is 43.1 Å². The van der Waals surface area contributed by atoms with Crippen molar-refractivity contribution in [1.82, 2.24) is 0 Å². The van der Waals surface area contributed by atoms with Crippen LogP contribution in [0.25, 0.3) is 0 Å². The summed E-state index contributed by atoms with van der Waals surface area (Å²) in [6, 6.07) is 11.0. The minimum Gasteiger partial charge on any atom is -0.327 e. The molecular formula is C14H21N. The van der Waals surface area contributed by atoms with Crippen molar-refractivity contribution < 1.29 is 0 Å². The lowest BCUT2D eigenvalue weighted by Crippen LogP contribution is -2.30. The van der Waals surface area contributed by atoms with Gasteiger partial charge in [0, 0.05) is 6.04 Å². The van der Waals surface area contributed by atoms with E-state index < -0.39 is 0 Å². The molecular weight excluding hydrogens is 182 g/mol. The molecule has 0 amide bonds. The lowest BCUT2D eigenvalue weighted by atomic mass is 9.92. The van der Waals surface area contributed by atoms with Crippen molar-refractivity contribution in [2.75, 3.05) is 0 Å². The Labute approximate surface area is 92.7 Å². The van der Waals surface area contributed by atoms with Crippen molar-refractivity contribution in [1.29, 1.82) is 0 Å². The molecule has 1 aliphatic carbocycles. The Hall–Kier alpha value is -0.820. The number of benzene rings is 1. The summed E-state index contributed by atoms with van der Waals surface area (Å²) in [7, 11) is 0. The highest BCUT2D eigenvalue weighted by Crippen LogP contribution is 2.38. The molecule has 1 nitrogen and oxygen atoms in total. The molecule has 0 bridgehead atoms. The molecule has 0 heterocycles. The van der Waals surface area contributed by atoms with Gasteiger partial charge in [0.05, 0.1) is 0 Å². The summed E-state index contributed by atoms with van der Waals surface area (Å²) in [6.07, 6.45) is 5.06. The highest BCUT2D eigenvalue weighted by Gasteiger charge is 2.31. The Kier molecular flexibility index (Phi) is 3.42. The van der Waals surface area contributed by atoms with Crippen LogP contribution < -0.4 is 5.73 Å². The second-order valence-corrected chi connectivity index (χ2v) is 4.88. The molecule has 82 valence electrons. The summed E-state index contributed by atoms with van der Waals surface area (Å²) >= 11 is 0. The van der Waals surface area contributed by atoms with Crippen LogP contribution in [0.5, 0.6) is 0 Å². The van der Waals surface area contributed by atoms with E-state index in [-0.39, 0.29) is 0 Å². The second kappa shape index (κ2) is 4.80. The van der Waals surface area contributed by atoms with Crippen molar-refractivity contribution >= 4 is 0 Å². The molecule has 0 aromatic heterocycles. The maximum Gasteiger partial charge on any atom is 0.00703 e. The van der Waals surface area contributed by atoms with E-state index in [1.54, 1.807) is 0 Å². The fourth-order valence-corrected chi connectivity index (χ4v) is 2.21. The Balaban J connectivity index is 1.77. The first kappa shape index (κ1) is 10.7. The molecule has 1 aromatic rings. The number of aryl methyl sites for hydroxylation is 1. The van der Waals surface area contributed by atoms with Crippen LogP contribution in [0.4, 0.5) is 0 Å². The third-order valence-electron chi connectivity index (χ3n) is 3.65. The standard InChI is InChI=1S/C14H21N/c1-11(13-8-9-13)14(15)10-7-12-5-3-2-4-6-12/h2-6,11,13-14H,7-10,15H2,1H3. The van der Waals surface area contributed by atoms with E-state index in [0.29, 0.717) is 12.0 Å². The molecule has 0 saturated heterocycles. The first-order valence-electron chi connectivity index (χ1n) is 6.07. The van der Waals surface area contributed by atoms with E-state index in [4.69, 9.17) is 5.73 Å². The lowest BCUT2D eigenvalue weighted by Gasteiger charge is -2.19. The summed E-state index contributed by atoms with van der Waals surface area (Å²) in [6.45, 7) is 2.31. The fourth-order valence-electron chi connectivity index (χ4n) is 2.21. The van der Waals surface area contributed by atoms with Crippen LogP contribution in [0.2, 0.25) is 0 Å². The van der Waals surface area contributed by atoms with Gasteiger partial charge in [0.25, 0.3) is 0 Å². The molecule has 0 aliphatic heterocycles. The monoisotopic (exact) mass is 203 g/mol. The van der Waals surface area contributed by atoms with Gasteiger partial charge in [0.2, 0.25) is 0 Å². The van der Waals surface area contributed by atoms with Gasteiger partial charge in [-0.1, -0.05) is 37.3 Å². The lowest BCUT2D eigenvalue weighted by molar-refractivity contribution is 0.388. The van der Waals surface area contributed by atoms with Crippen LogP contribution in [0, 0.1) is 11.8 Å². The van der Waals surface area contributed by atoms with Crippen LogP contribution in [-0.4, -0.2) is 6.04 Å². The van der Waals surface area contributed by atoms with Crippen molar-refractivity contribution in [3.8, 4) is 0 Å². The topological polar surface area (TPSA) is 26.0 Å². The normalized spacial score (nSPS) is 19.9. The van der Waals surface area contributed by atoms with E-state index in [0.717, 1.165) is 18.8 Å². The Morgan fingerprint density at radius 1 is 1.27 bits per heavy atom. The van der Waals surface area contributed by atoms with Gasteiger partial charge in [0.15, 0.2) is 0 Å². The molecule has 0 spiro atoms. The molecule has 2 rings (SSSR count). The van der Waals surface area contributed by atoms with Crippen LogP contribution in [0.1, 0.15) is 31.7 Å². The molecule has 1 fully saturated rings. The molecule has 2 atom stereocenters. The maximum atomic E-state index is 6.21. The molecule has 15 heavy (non-hydrogen) atoms. The molecule has 1 aliphatic rings. The van der Waals surface area contributed by atoms with Crippen molar-refractivity contribution in [2.24, 2.45) is 17.6 Å². The summed E-state index contributed by atoms with van der Waals surface area (Å²) in [4.78, 5) is 0. The summed E-state index contributed by atoms with van der Waals surface area (Å²) in [5, 5.41) is 0. The summed E-state index contributed by atoms with van der Waals surface area (Å²) in [5.74, 6) is 1.64. The van der Waals surface area contributed by atoms with Crippen LogP contribution >= 0.6 is 0 Å². The highest BCUT2D eigenvalue weighted by atomic mass is 14.7. The predicted octanol–water partition coefficient (Wildman–Crippen LogP) is 2.99. The SMILES string of the molecule is CC(C(N)CCc1ccccc1)C1CC1. The fraction of sp³-hybridized carbons (Fsp3) is 0.571. The van der Waals surface area contributed by atoms with Crippen molar-refractivity contribution in [3.63, 3.8) is 0 Å². The number of hydrogen-bond acceptors (Lipinski definition) is 1. The predicted molar refractivity (Wildman–Crippen MR) is 64.6 cm³/mol. The molecule has 1 heteroatoms. The van der Waals surface area contributed by atoms with Gasteiger partial charge in [-0.25, -0.2) is 0 Å². The Morgan fingerprint density at radius 2 is 1.93 bits per heavy atom. The van der Waals surface area contributed by atoms with Crippen molar-refractivity contribution in [3.05, 3.63) is 35.9 Å². The van der Waals surface area contributed by atoms with Gasteiger partial charge >= 0.3 is 0 Å². The third-order valence-corrected chi connectivity index (χ3v) is 3.65. The number of nitrogens with two attached hydrogens (primary N) is 1. The zero-order valence-electron chi connectivity index (χ0n) is 9.52. The number of hydrogen-bond donors (Lipinski definition) is 1. The second-order valence-electron chi connectivity index (χ2n) is 4.88. The molecule has 1 aromatic carbocycles. The average Bonchev–Trinajstić information content (AvgIpc) is 3.10. The smallest absolute Gasteiger partial charge is 0.00703 e. The van der Waals surface area contributed by atoms with E-state index >= 15 is 0 Å². The van der Waals surface area contributed by atoms with E-state index in [1.165, 1.54) is 18.4 Å². The van der Waals surface area contributed by atoms with Crippen LogP contribution in [-0.2, 0) is 6.42 Å². The van der Waals surface area contributed by atoms with E-state index in [9.17, 15) is 0 Å². The van der Waals surface area contributed by atoms with Gasteiger partial charge in [-0.2, -0.15) is 0 Å². The zero-order chi connectivity index (χ0) is 10.7. The zero-order valence-corrected chi connectivity index (χ0v) is 9.52. The van der Waals surface area contributed by atoms with Crippen LogP contribution in [0.3, 0.4) is 0 Å². The van der Waals surface area contributed by atoms with Crippen molar-refractivity contribution in [2.45, 2.75) is 38.6 Å². The molecule has 2 N–H and O–H groups in total. The average molecular weight is 203 g/mol. The minimum absolute atomic E-state index is 0.387. The first-order chi connectivity index (χ1) is 7.27. The Morgan fingerprint density at radius 3 is 2.53 bits per heavy atom. The summed E-state index contributed by atoms with van der Waals surface area (Å²) < 4.78 is 0. The number of rotatable bonds is 5. The van der Waals surface area contributed by atoms with E-state index in [1.807, 2.05) is 0 Å². The van der Waals surface area contributed by atoms with Gasteiger partial charge in [-0.3, -0.25) is 0 Å². The Bertz CT molecular complexity index is 289. The molecule has 0 radical (unpaired) electrons. The first-order valence-corrected chi connectivity index (χ1v) is 6.07. The van der Waals surface area contributed by atoms with E-state index in [2.05, 4.69) is 37.3 Å². The van der Waals surface area contributed by atoms with Crippen LogP contribution in [0.15, 0.2) is 30.3 Å². The largest absolute Gasteiger partial charge is 0.327 e. The van der Waals surface area contributed by atoms with Gasteiger partial charge < -0.3 is 5.73 Å². The minimum atomic E-state index is 0.387. The van der Waals surface area contributed by atoms with Gasteiger partial charge in [-0.15, -0.1) is 0 Å². The molecule has 2 unspecified atom stereocenters. The summed E-state index contributed by atoms with van der Waals surface area (Å²) in [5.41, 5.74) is 7.62. The molecule has 1 saturated carbocycles. The quantitative estimate of drug-likeness (QED) is 0.782. The third kappa shape index (κ3) is 3.07.